The summed E-state index contributed by atoms with van der Waals surface area (Å²) in [5.41, 5.74) is 4.17. The van der Waals surface area contributed by atoms with Gasteiger partial charge < -0.3 is 5.32 Å². The maximum atomic E-state index is 12.4. The second kappa shape index (κ2) is 8.16. The first-order chi connectivity index (χ1) is 11.8. The Morgan fingerprint density at radius 2 is 1.84 bits per heavy atom. The van der Waals surface area contributed by atoms with Gasteiger partial charge in [-0.25, -0.2) is 8.42 Å². The SMILES string of the molecule is CCCS(=O)(=O)Nc1cccc(C(=O)NCc2ccc(C)cc2C)c1. The summed E-state index contributed by atoms with van der Waals surface area (Å²) < 4.78 is 26.2. The number of carbonyl (C=O) groups is 1. The molecule has 2 aromatic carbocycles. The maximum absolute atomic E-state index is 12.4. The van der Waals surface area contributed by atoms with Crippen LogP contribution in [0, 0.1) is 13.8 Å². The van der Waals surface area contributed by atoms with E-state index in [2.05, 4.69) is 16.1 Å². The van der Waals surface area contributed by atoms with Gasteiger partial charge >= 0.3 is 0 Å². The van der Waals surface area contributed by atoms with Crippen LogP contribution in [0.5, 0.6) is 0 Å². The number of sulfonamides is 1. The lowest BCUT2D eigenvalue weighted by molar-refractivity contribution is 0.0951. The van der Waals surface area contributed by atoms with Crippen LogP contribution in [0.3, 0.4) is 0 Å². The zero-order valence-electron chi connectivity index (χ0n) is 14.8. The van der Waals surface area contributed by atoms with Gasteiger partial charge in [-0.2, -0.15) is 0 Å². The van der Waals surface area contributed by atoms with Crippen LogP contribution < -0.4 is 10.0 Å². The van der Waals surface area contributed by atoms with Crippen LogP contribution >= 0.6 is 0 Å². The molecule has 2 N–H and O–H groups in total. The Hall–Kier alpha value is -2.34. The highest BCUT2D eigenvalue weighted by Crippen LogP contribution is 2.14. The number of anilines is 1. The Balaban J connectivity index is 2.06. The van der Waals surface area contributed by atoms with E-state index < -0.39 is 10.0 Å². The van der Waals surface area contributed by atoms with Crippen molar-refractivity contribution < 1.29 is 13.2 Å². The lowest BCUT2D eigenvalue weighted by Gasteiger charge is -2.11. The molecule has 134 valence electrons. The van der Waals surface area contributed by atoms with Crippen molar-refractivity contribution in [2.45, 2.75) is 33.7 Å². The Labute approximate surface area is 149 Å². The minimum Gasteiger partial charge on any atom is -0.348 e. The molecule has 0 aliphatic heterocycles. The summed E-state index contributed by atoms with van der Waals surface area (Å²) in [5.74, 6) is -0.188. The van der Waals surface area contributed by atoms with Gasteiger partial charge in [-0.05, 0) is 49.6 Å². The Morgan fingerprint density at radius 3 is 2.52 bits per heavy atom. The molecule has 0 unspecified atom stereocenters. The van der Waals surface area contributed by atoms with Crippen LogP contribution in [0.25, 0.3) is 0 Å². The predicted octanol–water partition coefficient (Wildman–Crippen LogP) is 3.39. The van der Waals surface area contributed by atoms with Gasteiger partial charge in [0, 0.05) is 17.8 Å². The quantitative estimate of drug-likeness (QED) is 0.795. The summed E-state index contributed by atoms with van der Waals surface area (Å²) in [7, 11) is -3.37. The Morgan fingerprint density at radius 1 is 1.08 bits per heavy atom. The van der Waals surface area contributed by atoms with Crippen molar-refractivity contribution in [3.05, 3.63) is 64.7 Å². The van der Waals surface area contributed by atoms with Crippen molar-refractivity contribution in [3.8, 4) is 0 Å². The van der Waals surface area contributed by atoms with E-state index in [4.69, 9.17) is 0 Å². The molecule has 0 aliphatic carbocycles. The topological polar surface area (TPSA) is 75.3 Å². The fraction of sp³-hybridized carbons (Fsp3) is 0.316. The van der Waals surface area contributed by atoms with E-state index in [-0.39, 0.29) is 11.7 Å². The summed E-state index contributed by atoms with van der Waals surface area (Å²) >= 11 is 0. The van der Waals surface area contributed by atoms with Gasteiger partial charge in [0.2, 0.25) is 10.0 Å². The number of hydrogen-bond donors (Lipinski definition) is 2. The number of nitrogens with one attached hydrogen (secondary N) is 2. The van der Waals surface area contributed by atoms with Crippen LogP contribution in [0.2, 0.25) is 0 Å². The molecule has 0 saturated heterocycles. The first-order valence-corrected chi connectivity index (χ1v) is 9.91. The predicted molar refractivity (Wildman–Crippen MR) is 101 cm³/mol. The standard InChI is InChI=1S/C19H24N2O3S/c1-4-10-25(23,24)21-18-7-5-6-16(12-18)19(22)20-13-17-9-8-14(2)11-15(17)3/h5-9,11-12,21H,4,10,13H2,1-3H3,(H,20,22). The molecule has 1 amide bonds. The molecule has 2 rings (SSSR count). The molecular formula is C19H24N2O3S. The van der Waals surface area contributed by atoms with Crippen molar-refractivity contribution in [1.29, 1.82) is 0 Å². The van der Waals surface area contributed by atoms with E-state index in [1.807, 2.05) is 26.0 Å². The van der Waals surface area contributed by atoms with Crippen molar-refractivity contribution in [3.63, 3.8) is 0 Å². The maximum Gasteiger partial charge on any atom is 0.251 e. The van der Waals surface area contributed by atoms with E-state index in [0.717, 1.165) is 11.1 Å². The molecular weight excluding hydrogens is 336 g/mol. The summed E-state index contributed by atoms with van der Waals surface area (Å²) in [5, 5.41) is 2.87. The molecule has 0 aliphatic rings. The summed E-state index contributed by atoms with van der Waals surface area (Å²) in [6, 6.07) is 12.6. The van der Waals surface area contributed by atoms with Gasteiger partial charge in [-0.3, -0.25) is 9.52 Å². The lowest BCUT2D eigenvalue weighted by Crippen LogP contribution is -2.23. The van der Waals surface area contributed by atoms with Crippen molar-refractivity contribution in [2.24, 2.45) is 0 Å². The molecule has 0 heterocycles. The van der Waals surface area contributed by atoms with Gasteiger partial charge in [0.05, 0.1) is 5.75 Å². The molecule has 6 heteroatoms. The third-order valence-corrected chi connectivity index (χ3v) is 5.30. The molecule has 0 fully saturated rings. The molecule has 0 radical (unpaired) electrons. The molecule has 0 atom stereocenters. The van der Waals surface area contributed by atoms with Crippen molar-refractivity contribution >= 4 is 21.6 Å². The highest BCUT2D eigenvalue weighted by atomic mass is 32.2. The summed E-state index contributed by atoms with van der Waals surface area (Å²) in [4.78, 5) is 12.4. The molecule has 2 aromatic rings. The minimum atomic E-state index is -3.37. The van der Waals surface area contributed by atoms with E-state index in [0.29, 0.717) is 24.2 Å². The number of benzene rings is 2. The van der Waals surface area contributed by atoms with Crippen LogP contribution in [-0.4, -0.2) is 20.1 Å². The highest BCUT2D eigenvalue weighted by Gasteiger charge is 2.11. The molecule has 0 bridgehead atoms. The molecule has 5 nitrogen and oxygen atoms in total. The monoisotopic (exact) mass is 360 g/mol. The molecule has 25 heavy (non-hydrogen) atoms. The normalized spacial score (nSPS) is 11.2. The zero-order valence-corrected chi connectivity index (χ0v) is 15.6. The van der Waals surface area contributed by atoms with E-state index in [1.165, 1.54) is 5.56 Å². The average molecular weight is 360 g/mol. The number of hydrogen-bond acceptors (Lipinski definition) is 3. The van der Waals surface area contributed by atoms with Gasteiger partial charge in [0.15, 0.2) is 0 Å². The van der Waals surface area contributed by atoms with E-state index >= 15 is 0 Å². The van der Waals surface area contributed by atoms with Crippen LogP contribution in [0.4, 0.5) is 5.69 Å². The van der Waals surface area contributed by atoms with Gasteiger partial charge in [0.1, 0.15) is 0 Å². The van der Waals surface area contributed by atoms with E-state index in [1.54, 1.807) is 31.2 Å². The van der Waals surface area contributed by atoms with Crippen LogP contribution in [-0.2, 0) is 16.6 Å². The summed E-state index contributed by atoms with van der Waals surface area (Å²) in [6.07, 6.45) is 0.533. The third kappa shape index (κ3) is 5.60. The van der Waals surface area contributed by atoms with Gasteiger partial charge in [0.25, 0.3) is 5.91 Å². The van der Waals surface area contributed by atoms with Gasteiger partial charge in [-0.15, -0.1) is 0 Å². The van der Waals surface area contributed by atoms with Crippen molar-refractivity contribution in [2.75, 3.05) is 10.5 Å². The number of amides is 1. The fourth-order valence-electron chi connectivity index (χ4n) is 2.54. The summed E-state index contributed by atoms with van der Waals surface area (Å²) in [6.45, 7) is 6.27. The number of aryl methyl sites for hydroxylation is 2. The second-order valence-electron chi connectivity index (χ2n) is 6.11. The molecule has 0 saturated carbocycles. The Kier molecular flexibility index (Phi) is 6.20. The van der Waals surface area contributed by atoms with E-state index in [9.17, 15) is 13.2 Å². The van der Waals surface area contributed by atoms with Crippen LogP contribution in [0.1, 0.15) is 40.4 Å². The van der Waals surface area contributed by atoms with Gasteiger partial charge in [-0.1, -0.05) is 36.8 Å². The number of rotatable bonds is 7. The van der Waals surface area contributed by atoms with Crippen LogP contribution in [0.15, 0.2) is 42.5 Å². The second-order valence-corrected chi connectivity index (χ2v) is 7.96. The Bertz CT molecular complexity index is 861. The highest BCUT2D eigenvalue weighted by molar-refractivity contribution is 7.92. The lowest BCUT2D eigenvalue weighted by atomic mass is 10.1. The molecule has 0 spiro atoms. The first-order valence-electron chi connectivity index (χ1n) is 8.25. The first kappa shape index (κ1) is 19.0. The van der Waals surface area contributed by atoms with Crippen molar-refractivity contribution in [1.82, 2.24) is 5.32 Å². The third-order valence-electron chi connectivity index (χ3n) is 3.81. The minimum absolute atomic E-state index is 0.0517. The number of carbonyl (C=O) groups excluding carboxylic acids is 1. The zero-order chi connectivity index (χ0) is 18.4. The fourth-order valence-corrected chi connectivity index (χ4v) is 3.67. The average Bonchev–Trinajstić information content (AvgIpc) is 2.53. The smallest absolute Gasteiger partial charge is 0.251 e. The largest absolute Gasteiger partial charge is 0.348 e. The molecule has 0 aromatic heterocycles.